The third-order valence-corrected chi connectivity index (χ3v) is 7.77. The fourth-order valence-electron chi connectivity index (χ4n) is 6.03. The number of carbonyl (C=O) groups is 1. The van der Waals surface area contributed by atoms with Gasteiger partial charge in [0.25, 0.3) is 0 Å². The Morgan fingerprint density at radius 2 is 1.51 bits per heavy atom. The van der Waals surface area contributed by atoms with Gasteiger partial charge in [-0.15, -0.1) is 0 Å². The second kappa shape index (κ2) is 10.1. The van der Waals surface area contributed by atoms with Gasteiger partial charge in [0.15, 0.2) is 0 Å². The lowest BCUT2D eigenvalue weighted by molar-refractivity contribution is -0.145. The number of halogens is 2. The lowest BCUT2D eigenvalue weighted by Crippen LogP contribution is -2.49. The molecule has 2 aromatic heterocycles. The largest absolute Gasteiger partial charge is 0.497 e. The number of aromatic amines is 2. The molecule has 0 unspecified atom stereocenters. The third kappa shape index (κ3) is 4.50. The summed E-state index contributed by atoms with van der Waals surface area (Å²) in [5.74, 6) is -0.242. The van der Waals surface area contributed by atoms with E-state index >= 15 is 0 Å². The molecule has 1 aliphatic heterocycles. The Morgan fingerprint density at radius 1 is 0.897 bits per heavy atom. The van der Waals surface area contributed by atoms with E-state index in [-0.39, 0.29) is 36.2 Å². The summed E-state index contributed by atoms with van der Waals surface area (Å²) in [5, 5.41) is 1.82. The standard InChI is InChI=1S/C31H29F2N3O3/c1-3-39-31(37)30-13-18(25-16-34-27-14-19(32)4-10-23(25)27)12-29(36(30)21-6-8-22(38-2)9-7-21)26-17-35-28-15-20(33)5-11-24(26)28/h4-11,14-18,29-30,34-35H,3,12-13H2,1-2H3/t18-,29-,30-/m0/s1. The third-order valence-electron chi connectivity index (χ3n) is 7.77. The molecule has 0 spiro atoms. The maximum atomic E-state index is 14.0. The van der Waals surface area contributed by atoms with Crippen LogP contribution in [0.2, 0.25) is 0 Å². The molecule has 0 saturated carbocycles. The van der Waals surface area contributed by atoms with Crippen LogP contribution in [-0.4, -0.2) is 35.7 Å². The molecule has 5 aromatic rings. The Hall–Kier alpha value is -4.33. The molecule has 1 saturated heterocycles. The fraction of sp³-hybridized carbons (Fsp3) is 0.258. The van der Waals surface area contributed by atoms with Crippen LogP contribution in [0, 0.1) is 11.6 Å². The molecule has 0 amide bonds. The summed E-state index contributed by atoms with van der Waals surface area (Å²) < 4.78 is 38.9. The highest BCUT2D eigenvalue weighted by Gasteiger charge is 2.42. The van der Waals surface area contributed by atoms with E-state index < -0.39 is 6.04 Å². The molecule has 2 N–H and O–H groups in total. The maximum absolute atomic E-state index is 14.0. The number of anilines is 1. The smallest absolute Gasteiger partial charge is 0.328 e. The van der Waals surface area contributed by atoms with Crippen molar-refractivity contribution in [2.45, 2.75) is 37.8 Å². The number of H-pyrrole nitrogens is 2. The quantitative estimate of drug-likeness (QED) is 0.233. The Kier molecular flexibility index (Phi) is 6.46. The number of esters is 1. The van der Waals surface area contributed by atoms with Crippen LogP contribution in [-0.2, 0) is 9.53 Å². The van der Waals surface area contributed by atoms with Crippen LogP contribution >= 0.6 is 0 Å². The van der Waals surface area contributed by atoms with Gasteiger partial charge in [0.1, 0.15) is 23.4 Å². The average molecular weight is 530 g/mol. The second-order valence-corrected chi connectivity index (χ2v) is 9.93. The van der Waals surface area contributed by atoms with Gasteiger partial charge >= 0.3 is 5.97 Å². The first-order valence-electron chi connectivity index (χ1n) is 13.1. The number of benzene rings is 3. The van der Waals surface area contributed by atoms with Gasteiger partial charge in [0.2, 0.25) is 0 Å². The van der Waals surface area contributed by atoms with Crippen molar-refractivity contribution in [2.75, 3.05) is 18.6 Å². The average Bonchev–Trinajstić information content (AvgIpc) is 3.56. The predicted molar refractivity (Wildman–Crippen MR) is 147 cm³/mol. The maximum Gasteiger partial charge on any atom is 0.328 e. The summed E-state index contributed by atoms with van der Waals surface area (Å²) in [6.45, 7) is 2.07. The Balaban J connectivity index is 1.51. The molecule has 3 heterocycles. The number of hydrogen-bond donors (Lipinski definition) is 2. The summed E-state index contributed by atoms with van der Waals surface area (Å²) in [6.07, 6.45) is 5.02. The highest BCUT2D eigenvalue weighted by molar-refractivity contribution is 5.87. The van der Waals surface area contributed by atoms with E-state index in [1.165, 1.54) is 24.3 Å². The number of hydrogen-bond acceptors (Lipinski definition) is 4. The van der Waals surface area contributed by atoms with Gasteiger partial charge < -0.3 is 24.3 Å². The SMILES string of the molecule is CCOC(=O)[C@@H]1C[C@@H](c2c[nH]c3cc(F)ccc23)C[C@@H](c2c[nH]c3cc(F)ccc23)N1c1ccc(OC)cc1. The molecular formula is C31H29F2N3O3. The molecule has 1 aliphatic rings. The number of nitrogens with one attached hydrogen (secondary N) is 2. The van der Waals surface area contributed by atoms with E-state index in [2.05, 4.69) is 14.9 Å². The number of rotatable bonds is 6. The summed E-state index contributed by atoms with van der Waals surface area (Å²) in [4.78, 5) is 22.1. The van der Waals surface area contributed by atoms with E-state index in [1.807, 2.05) is 36.7 Å². The summed E-state index contributed by atoms with van der Waals surface area (Å²) in [7, 11) is 1.61. The van der Waals surface area contributed by atoms with Crippen LogP contribution in [0.3, 0.4) is 0 Å². The molecule has 0 bridgehead atoms. The molecule has 6 rings (SSSR count). The zero-order chi connectivity index (χ0) is 27.1. The highest BCUT2D eigenvalue weighted by atomic mass is 19.1. The Morgan fingerprint density at radius 3 is 2.13 bits per heavy atom. The number of aromatic nitrogens is 2. The zero-order valence-electron chi connectivity index (χ0n) is 21.7. The fourth-order valence-corrected chi connectivity index (χ4v) is 6.03. The van der Waals surface area contributed by atoms with E-state index in [0.29, 0.717) is 24.1 Å². The van der Waals surface area contributed by atoms with Crippen molar-refractivity contribution in [3.63, 3.8) is 0 Å². The lowest BCUT2D eigenvalue weighted by atomic mass is 9.78. The van der Waals surface area contributed by atoms with Crippen LogP contribution in [0.5, 0.6) is 5.75 Å². The molecule has 3 atom stereocenters. The predicted octanol–water partition coefficient (Wildman–Crippen LogP) is 6.99. The summed E-state index contributed by atoms with van der Waals surface area (Å²) >= 11 is 0. The number of fused-ring (bicyclic) bond motifs is 2. The number of piperidine rings is 1. The minimum Gasteiger partial charge on any atom is -0.497 e. The van der Waals surface area contributed by atoms with Crippen LogP contribution in [0.15, 0.2) is 73.1 Å². The van der Waals surface area contributed by atoms with Crippen molar-refractivity contribution in [3.8, 4) is 5.75 Å². The van der Waals surface area contributed by atoms with Gasteiger partial charge in [0.05, 0.1) is 19.8 Å². The molecular weight excluding hydrogens is 500 g/mol. The Labute approximate surface area is 224 Å². The molecule has 200 valence electrons. The molecule has 6 nitrogen and oxygen atoms in total. The van der Waals surface area contributed by atoms with Gasteiger partial charge in [-0.2, -0.15) is 0 Å². The van der Waals surface area contributed by atoms with Crippen LogP contribution in [0.25, 0.3) is 21.8 Å². The van der Waals surface area contributed by atoms with Crippen molar-refractivity contribution < 1.29 is 23.0 Å². The lowest BCUT2D eigenvalue weighted by Gasteiger charge is -2.45. The van der Waals surface area contributed by atoms with Gasteiger partial charge in [0, 0.05) is 39.9 Å². The monoisotopic (exact) mass is 529 g/mol. The van der Waals surface area contributed by atoms with Gasteiger partial charge in [-0.25, -0.2) is 13.6 Å². The number of methoxy groups -OCH3 is 1. The second-order valence-electron chi connectivity index (χ2n) is 9.93. The molecule has 39 heavy (non-hydrogen) atoms. The van der Waals surface area contributed by atoms with Crippen LogP contribution in [0.4, 0.5) is 14.5 Å². The molecule has 0 aliphatic carbocycles. The number of ether oxygens (including phenoxy) is 2. The zero-order valence-corrected chi connectivity index (χ0v) is 21.7. The van der Waals surface area contributed by atoms with Gasteiger partial charge in [-0.1, -0.05) is 0 Å². The number of carbonyl (C=O) groups excluding carboxylic acids is 1. The van der Waals surface area contributed by atoms with E-state index in [0.717, 1.165) is 33.1 Å². The van der Waals surface area contributed by atoms with Crippen LogP contribution in [0.1, 0.15) is 42.9 Å². The first kappa shape index (κ1) is 25.0. The van der Waals surface area contributed by atoms with Gasteiger partial charge in [-0.3, -0.25) is 0 Å². The van der Waals surface area contributed by atoms with Crippen molar-refractivity contribution in [3.05, 3.63) is 95.8 Å². The summed E-state index contributed by atoms with van der Waals surface area (Å²) in [5.41, 5.74) is 4.26. The van der Waals surface area contributed by atoms with Crippen molar-refractivity contribution in [1.29, 1.82) is 0 Å². The topological polar surface area (TPSA) is 70.4 Å². The minimum atomic E-state index is -0.585. The number of nitrogens with zero attached hydrogens (tertiary/aromatic N) is 1. The molecule has 3 aromatic carbocycles. The van der Waals surface area contributed by atoms with Crippen molar-refractivity contribution in [2.24, 2.45) is 0 Å². The highest BCUT2D eigenvalue weighted by Crippen LogP contribution is 2.48. The van der Waals surface area contributed by atoms with E-state index in [4.69, 9.17) is 9.47 Å². The Bertz CT molecular complexity index is 1640. The normalized spacial score (nSPS) is 19.5. The summed E-state index contributed by atoms with van der Waals surface area (Å²) in [6, 6.07) is 16.3. The van der Waals surface area contributed by atoms with Crippen molar-refractivity contribution in [1.82, 2.24) is 9.97 Å². The van der Waals surface area contributed by atoms with Crippen LogP contribution < -0.4 is 9.64 Å². The molecule has 8 heteroatoms. The van der Waals surface area contributed by atoms with E-state index in [1.54, 1.807) is 26.2 Å². The first-order chi connectivity index (χ1) is 19.0. The van der Waals surface area contributed by atoms with Crippen molar-refractivity contribution >= 4 is 33.5 Å². The van der Waals surface area contributed by atoms with E-state index in [9.17, 15) is 13.6 Å². The van der Waals surface area contributed by atoms with Gasteiger partial charge in [-0.05, 0) is 97.5 Å². The molecule has 1 fully saturated rings. The minimum absolute atomic E-state index is 0.0245. The first-order valence-corrected chi connectivity index (χ1v) is 13.1. The molecule has 0 radical (unpaired) electrons.